The predicted molar refractivity (Wildman–Crippen MR) is 69.9 cm³/mol. The first-order chi connectivity index (χ1) is 8.10. The summed E-state index contributed by atoms with van der Waals surface area (Å²) in [5, 5.41) is 4.73. The third kappa shape index (κ3) is 2.30. The fourth-order valence-corrected chi connectivity index (χ4v) is 3.34. The molecule has 0 bridgehead atoms. The maximum atomic E-state index is 6.27. The van der Waals surface area contributed by atoms with Crippen LogP contribution in [0.3, 0.4) is 0 Å². The Morgan fingerprint density at radius 1 is 1.65 bits per heavy atom. The molecule has 0 aromatic carbocycles. The van der Waals surface area contributed by atoms with Crippen molar-refractivity contribution in [3.05, 3.63) is 11.9 Å². The zero-order valence-electron chi connectivity index (χ0n) is 10.9. The zero-order chi connectivity index (χ0) is 12.5. The largest absolute Gasteiger partial charge is 0.493 e. The number of rotatable bonds is 4. The first-order valence-corrected chi connectivity index (χ1v) is 6.78. The van der Waals surface area contributed by atoms with Gasteiger partial charge in [0.1, 0.15) is 0 Å². The summed E-state index contributed by atoms with van der Waals surface area (Å²) in [5.74, 6) is 0.909. The van der Waals surface area contributed by atoms with Crippen LogP contribution < -0.4 is 4.74 Å². The van der Waals surface area contributed by atoms with E-state index in [0.29, 0.717) is 0 Å². The molecule has 0 saturated heterocycles. The molecule has 2 rings (SSSR count). The smallest absolute Gasteiger partial charge is 0.160 e. The molecular weight excluding hydrogens is 236 g/mol. The Balaban J connectivity index is 2.38. The van der Waals surface area contributed by atoms with E-state index in [4.69, 9.17) is 16.3 Å². The van der Waals surface area contributed by atoms with Crippen LogP contribution in [0.25, 0.3) is 0 Å². The number of halogens is 1. The predicted octanol–water partition coefficient (Wildman–Crippen LogP) is 3.35. The van der Waals surface area contributed by atoms with Crippen LogP contribution in [0, 0.1) is 0 Å². The molecule has 2 atom stereocenters. The normalized spacial score (nSPS) is 28.6. The van der Waals surface area contributed by atoms with Gasteiger partial charge in [-0.15, -0.1) is 11.6 Å². The lowest BCUT2D eigenvalue weighted by atomic mass is 9.84. The summed E-state index contributed by atoms with van der Waals surface area (Å²) in [7, 11) is 1.72. The fraction of sp³-hybridized carbons (Fsp3) is 0.769. The molecule has 1 heterocycles. The highest BCUT2D eigenvalue weighted by molar-refractivity contribution is 6.20. The van der Waals surface area contributed by atoms with Crippen LogP contribution in [0.15, 0.2) is 6.20 Å². The number of alkyl halides is 1. The molecule has 1 aliphatic rings. The van der Waals surface area contributed by atoms with Gasteiger partial charge in [0.25, 0.3) is 0 Å². The van der Waals surface area contributed by atoms with Crippen LogP contribution in [0.5, 0.6) is 5.75 Å². The molecule has 1 fully saturated rings. The standard InChI is InChI=1S/C13H21ClN2O/c1-4-7-16-12(11(17-3)9-15-16)13(2)6-5-10(14)8-13/h9-10H,4-8H2,1-3H3. The summed E-state index contributed by atoms with van der Waals surface area (Å²) in [4.78, 5) is 0. The second-order valence-corrected chi connectivity index (χ2v) is 5.80. The lowest BCUT2D eigenvalue weighted by Crippen LogP contribution is -2.24. The van der Waals surface area contributed by atoms with Gasteiger partial charge in [-0.3, -0.25) is 4.68 Å². The van der Waals surface area contributed by atoms with Crippen LogP contribution >= 0.6 is 11.6 Å². The highest BCUT2D eigenvalue weighted by Gasteiger charge is 2.40. The lowest BCUT2D eigenvalue weighted by Gasteiger charge is -2.26. The minimum absolute atomic E-state index is 0.115. The van der Waals surface area contributed by atoms with Crippen LogP contribution in [0.1, 0.15) is 45.2 Å². The molecule has 0 amide bonds. The second-order valence-electron chi connectivity index (χ2n) is 5.19. The van der Waals surface area contributed by atoms with Gasteiger partial charge >= 0.3 is 0 Å². The van der Waals surface area contributed by atoms with Crippen molar-refractivity contribution in [3.8, 4) is 5.75 Å². The number of hydrogen-bond acceptors (Lipinski definition) is 2. The van der Waals surface area contributed by atoms with E-state index in [1.807, 2.05) is 6.20 Å². The van der Waals surface area contributed by atoms with E-state index in [2.05, 4.69) is 23.6 Å². The number of methoxy groups -OCH3 is 1. The van der Waals surface area contributed by atoms with E-state index >= 15 is 0 Å². The van der Waals surface area contributed by atoms with E-state index in [-0.39, 0.29) is 10.8 Å². The van der Waals surface area contributed by atoms with Crippen LogP contribution in [-0.2, 0) is 12.0 Å². The van der Waals surface area contributed by atoms with E-state index in [1.54, 1.807) is 7.11 Å². The van der Waals surface area contributed by atoms with E-state index < -0.39 is 0 Å². The van der Waals surface area contributed by atoms with Crippen molar-refractivity contribution in [2.75, 3.05) is 7.11 Å². The van der Waals surface area contributed by atoms with Gasteiger partial charge in [0, 0.05) is 17.3 Å². The Kier molecular flexibility index (Phi) is 3.67. The molecule has 2 unspecified atom stereocenters. The quantitative estimate of drug-likeness (QED) is 0.773. The van der Waals surface area contributed by atoms with Gasteiger partial charge in [-0.2, -0.15) is 5.10 Å². The van der Waals surface area contributed by atoms with E-state index in [1.165, 1.54) is 5.69 Å². The lowest BCUT2D eigenvalue weighted by molar-refractivity contribution is 0.369. The first kappa shape index (κ1) is 12.7. The molecule has 0 spiro atoms. The minimum Gasteiger partial charge on any atom is -0.493 e. The topological polar surface area (TPSA) is 27.1 Å². The molecule has 1 aliphatic carbocycles. The Morgan fingerprint density at radius 3 is 2.94 bits per heavy atom. The molecule has 17 heavy (non-hydrogen) atoms. The summed E-state index contributed by atoms with van der Waals surface area (Å²) < 4.78 is 7.55. The molecule has 1 aromatic heterocycles. The van der Waals surface area contributed by atoms with Gasteiger partial charge in [-0.05, 0) is 25.7 Å². The maximum absolute atomic E-state index is 6.27. The zero-order valence-corrected chi connectivity index (χ0v) is 11.6. The molecule has 1 aromatic rings. The average Bonchev–Trinajstić information content (AvgIpc) is 2.84. The highest BCUT2D eigenvalue weighted by Crippen LogP contribution is 2.46. The van der Waals surface area contributed by atoms with Crippen molar-refractivity contribution >= 4 is 11.6 Å². The molecule has 4 heteroatoms. The third-order valence-corrected chi connectivity index (χ3v) is 4.09. The van der Waals surface area contributed by atoms with Crippen LogP contribution in [0.4, 0.5) is 0 Å². The molecule has 0 radical (unpaired) electrons. The van der Waals surface area contributed by atoms with Gasteiger partial charge in [-0.25, -0.2) is 0 Å². The Morgan fingerprint density at radius 2 is 2.41 bits per heavy atom. The highest BCUT2D eigenvalue weighted by atomic mass is 35.5. The monoisotopic (exact) mass is 256 g/mol. The number of aromatic nitrogens is 2. The molecule has 3 nitrogen and oxygen atoms in total. The van der Waals surface area contributed by atoms with Crippen molar-refractivity contribution in [2.45, 2.75) is 56.9 Å². The van der Waals surface area contributed by atoms with E-state index in [9.17, 15) is 0 Å². The van der Waals surface area contributed by atoms with Gasteiger partial charge in [0.2, 0.25) is 0 Å². The van der Waals surface area contributed by atoms with Gasteiger partial charge in [0.15, 0.2) is 5.75 Å². The van der Waals surface area contributed by atoms with E-state index in [0.717, 1.165) is 38.0 Å². The number of aryl methyl sites for hydroxylation is 1. The van der Waals surface area contributed by atoms with Crippen LogP contribution in [-0.4, -0.2) is 22.3 Å². The first-order valence-electron chi connectivity index (χ1n) is 6.35. The minimum atomic E-state index is 0.115. The Labute approximate surface area is 108 Å². The molecule has 1 saturated carbocycles. The van der Waals surface area contributed by atoms with Crippen molar-refractivity contribution in [2.24, 2.45) is 0 Å². The van der Waals surface area contributed by atoms with Gasteiger partial charge < -0.3 is 4.74 Å². The summed E-state index contributed by atoms with van der Waals surface area (Å²) in [6, 6.07) is 0. The van der Waals surface area contributed by atoms with Gasteiger partial charge in [-0.1, -0.05) is 13.8 Å². The third-order valence-electron chi connectivity index (χ3n) is 3.71. The average molecular weight is 257 g/mol. The Bertz CT molecular complexity index is 391. The van der Waals surface area contributed by atoms with Crippen molar-refractivity contribution < 1.29 is 4.74 Å². The number of nitrogens with zero attached hydrogens (tertiary/aromatic N) is 2. The number of ether oxygens (including phenoxy) is 1. The molecule has 96 valence electrons. The fourth-order valence-electron chi connectivity index (χ4n) is 2.89. The van der Waals surface area contributed by atoms with Crippen LogP contribution in [0.2, 0.25) is 0 Å². The van der Waals surface area contributed by atoms with Gasteiger partial charge in [0.05, 0.1) is 19.0 Å². The molecule has 0 N–H and O–H groups in total. The number of hydrogen-bond donors (Lipinski definition) is 0. The summed E-state index contributed by atoms with van der Waals surface area (Å²) in [6.07, 6.45) is 6.13. The SMILES string of the molecule is CCCn1ncc(OC)c1C1(C)CCC(Cl)C1. The summed E-state index contributed by atoms with van der Waals surface area (Å²) >= 11 is 6.27. The summed E-state index contributed by atoms with van der Waals surface area (Å²) in [6.45, 7) is 5.39. The maximum Gasteiger partial charge on any atom is 0.160 e. The molecular formula is C13H21ClN2O. The van der Waals surface area contributed by atoms with Crippen molar-refractivity contribution in [3.63, 3.8) is 0 Å². The summed E-state index contributed by atoms with van der Waals surface area (Å²) in [5.41, 5.74) is 1.34. The van der Waals surface area contributed by atoms with Crippen molar-refractivity contribution in [1.82, 2.24) is 9.78 Å². The molecule has 0 aliphatic heterocycles. The van der Waals surface area contributed by atoms with Crippen molar-refractivity contribution in [1.29, 1.82) is 0 Å². The second kappa shape index (κ2) is 4.89. The Hall–Kier alpha value is -0.700.